The van der Waals surface area contributed by atoms with Gasteiger partial charge in [-0.05, 0) is 18.6 Å². The normalized spacial score (nSPS) is 14.1. The number of nitrogens with one attached hydrogen (secondary N) is 1. The number of pyridine rings is 1. The van der Waals surface area contributed by atoms with Crippen LogP contribution in [0, 0.1) is 5.95 Å². The highest BCUT2D eigenvalue weighted by Crippen LogP contribution is 2.00. The van der Waals surface area contributed by atoms with Crippen LogP contribution in [0.3, 0.4) is 0 Å². The van der Waals surface area contributed by atoms with E-state index in [2.05, 4.69) is 10.3 Å². The molecule has 0 aromatic carbocycles. The van der Waals surface area contributed by atoms with E-state index in [9.17, 15) is 13.4 Å². The minimum atomic E-state index is -0.886. The molecule has 0 radical (unpaired) electrons. The van der Waals surface area contributed by atoms with Crippen molar-refractivity contribution in [2.45, 2.75) is 18.6 Å². The standard InChI is InChI=1S/C11H15FN2O2S/c1-8(17(2)16)5-6-13-11(15)9-3-4-10(12)14-7-9/h3-4,7-8H,5-6H2,1-2H3,(H,13,15). The first-order chi connectivity index (χ1) is 8.00. The zero-order valence-electron chi connectivity index (χ0n) is 9.77. The van der Waals surface area contributed by atoms with E-state index in [4.69, 9.17) is 0 Å². The van der Waals surface area contributed by atoms with E-state index < -0.39 is 16.7 Å². The smallest absolute Gasteiger partial charge is 0.252 e. The molecule has 6 heteroatoms. The number of nitrogens with zero attached hydrogens (tertiary/aromatic N) is 1. The van der Waals surface area contributed by atoms with E-state index in [1.807, 2.05) is 6.92 Å². The highest BCUT2D eigenvalue weighted by Gasteiger charge is 2.08. The number of rotatable bonds is 5. The largest absolute Gasteiger partial charge is 0.352 e. The third-order valence-corrected chi connectivity index (χ3v) is 3.76. The average molecular weight is 258 g/mol. The van der Waals surface area contributed by atoms with Gasteiger partial charge in [0.25, 0.3) is 5.91 Å². The molecule has 1 aromatic rings. The maximum absolute atomic E-state index is 12.5. The Labute approximate surface area is 102 Å². The Morgan fingerprint density at radius 1 is 1.59 bits per heavy atom. The van der Waals surface area contributed by atoms with Crippen LogP contribution in [-0.4, -0.2) is 33.2 Å². The van der Waals surface area contributed by atoms with E-state index in [0.717, 1.165) is 6.07 Å². The number of amides is 1. The SMILES string of the molecule is CC(CCNC(=O)c1ccc(F)nc1)S(C)=O. The lowest BCUT2D eigenvalue weighted by Gasteiger charge is -2.09. The van der Waals surface area contributed by atoms with Crippen molar-refractivity contribution < 1.29 is 13.4 Å². The van der Waals surface area contributed by atoms with Gasteiger partial charge in [0, 0.05) is 35.0 Å². The zero-order chi connectivity index (χ0) is 12.8. The molecule has 0 aliphatic heterocycles. The maximum Gasteiger partial charge on any atom is 0.252 e. The minimum absolute atomic E-state index is 0.0432. The van der Waals surface area contributed by atoms with Gasteiger partial charge in [0.15, 0.2) is 0 Å². The summed E-state index contributed by atoms with van der Waals surface area (Å²) in [4.78, 5) is 15.0. The molecule has 0 saturated carbocycles. The van der Waals surface area contributed by atoms with Crippen LogP contribution in [0.1, 0.15) is 23.7 Å². The number of halogens is 1. The number of hydrogen-bond acceptors (Lipinski definition) is 3. The molecule has 0 saturated heterocycles. The van der Waals surface area contributed by atoms with Crippen molar-refractivity contribution in [1.82, 2.24) is 10.3 Å². The van der Waals surface area contributed by atoms with Crippen LogP contribution in [0.25, 0.3) is 0 Å². The summed E-state index contributed by atoms with van der Waals surface area (Å²) in [5.74, 6) is -0.914. The first-order valence-electron chi connectivity index (χ1n) is 5.22. The van der Waals surface area contributed by atoms with Crippen LogP contribution in [-0.2, 0) is 10.8 Å². The van der Waals surface area contributed by atoms with Gasteiger partial charge in [0.2, 0.25) is 5.95 Å². The van der Waals surface area contributed by atoms with Crippen molar-refractivity contribution in [3.8, 4) is 0 Å². The molecule has 0 fully saturated rings. The van der Waals surface area contributed by atoms with Gasteiger partial charge in [-0.3, -0.25) is 9.00 Å². The van der Waals surface area contributed by atoms with Crippen molar-refractivity contribution in [3.63, 3.8) is 0 Å². The van der Waals surface area contributed by atoms with E-state index in [-0.39, 0.29) is 11.2 Å². The first kappa shape index (κ1) is 13.8. The molecule has 1 heterocycles. The molecule has 2 unspecified atom stereocenters. The number of carbonyl (C=O) groups excluding carboxylic acids is 1. The minimum Gasteiger partial charge on any atom is -0.352 e. The highest BCUT2D eigenvalue weighted by atomic mass is 32.2. The second-order valence-corrected chi connectivity index (χ2v) is 5.53. The van der Waals surface area contributed by atoms with Crippen LogP contribution in [0.5, 0.6) is 0 Å². The Balaban J connectivity index is 2.40. The van der Waals surface area contributed by atoms with Gasteiger partial charge in [-0.25, -0.2) is 4.98 Å². The van der Waals surface area contributed by atoms with Crippen molar-refractivity contribution in [1.29, 1.82) is 0 Å². The summed E-state index contributed by atoms with van der Waals surface area (Å²) in [5, 5.41) is 2.71. The average Bonchev–Trinajstić information content (AvgIpc) is 2.29. The summed E-state index contributed by atoms with van der Waals surface area (Å²) in [6.07, 6.45) is 3.46. The molecule has 1 amide bonds. The van der Waals surface area contributed by atoms with E-state index in [0.29, 0.717) is 18.5 Å². The second-order valence-electron chi connectivity index (χ2n) is 3.72. The third kappa shape index (κ3) is 4.60. The quantitative estimate of drug-likeness (QED) is 0.805. The fourth-order valence-electron chi connectivity index (χ4n) is 1.17. The van der Waals surface area contributed by atoms with Crippen LogP contribution in [0.4, 0.5) is 4.39 Å². The molecule has 1 aromatic heterocycles. The maximum atomic E-state index is 12.5. The summed E-state index contributed by atoms with van der Waals surface area (Å²) in [7, 11) is -0.886. The van der Waals surface area contributed by atoms with Gasteiger partial charge in [0.05, 0.1) is 5.56 Å². The summed E-state index contributed by atoms with van der Waals surface area (Å²) in [6.45, 7) is 2.30. The Hall–Kier alpha value is -1.30. The second kappa shape index (κ2) is 6.44. The fraction of sp³-hybridized carbons (Fsp3) is 0.455. The Morgan fingerprint density at radius 2 is 2.29 bits per heavy atom. The Kier molecular flexibility index (Phi) is 5.21. The lowest BCUT2D eigenvalue weighted by atomic mass is 10.2. The molecule has 1 rings (SSSR count). The fourth-order valence-corrected chi connectivity index (χ4v) is 1.62. The summed E-state index contributed by atoms with van der Waals surface area (Å²) < 4.78 is 23.6. The van der Waals surface area contributed by atoms with Crippen molar-refractivity contribution in [2.24, 2.45) is 0 Å². The van der Waals surface area contributed by atoms with Crippen molar-refractivity contribution in [3.05, 3.63) is 29.8 Å². The highest BCUT2D eigenvalue weighted by molar-refractivity contribution is 7.84. The van der Waals surface area contributed by atoms with Crippen LogP contribution in [0.2, 0.25) is 0 Å². The Morgan fingerprint density at radius 3 is 2.82 bits per heavy atom. The van der Waals surface area contributed by atoms with Gasteiger partial charge in [-0.2, -0.15) is 4.39 Å². The monoisotopic (exact) mass is 258 g/mol. The van der Waals surface area contributed by atoms with E-state index >= 15 is 0 Å². The van der Waals surface area contributed by atoms with Crippen LogP contribution >= 0.6 is 0 Å². The molecule has 1 N–H and O–H groups in total. The van der Waals surface area contributed by atoms with Gasteiger partial charge < -0.3 is 5.32 Å². The first-order valence-corrected chi connectivity index (χ1v) is 6.85. The van der Waals surface area contributed by atoms with Gasteiger partial charge >= 0.3 is 0 Å². The zero-order valence-corrected chi connectivity index (χ0v) is 10.6. The summed E-state index contributed by atoms with van der Waals surface area (Å²) in [6, 6.07) is 2.51. The topological polar surface area (TPSA) is 59.1 Å². The van der Waals surface area contributed by atoms with Gasteiger partial charge in [0.1, 0.15) is 0 Å². The molecular formula is C11H15FN2O2S. The van der Waals surface area contributed by atoms with Crippen molar-refractivity contribution in [2.75, 3.05) is 12.8 Å². The van der Waals surface area contributed by atoms with Gasteiger partial charge in [-0.15, -0.1) is 0 Å². The molecule has 17 heavy (non-hydrogen) atoms. The Bertz CT molecular complexity index is 408. The number of carbonyl (C=O) groups is 1. The number of hydrogen-bond donors (Lipinski definition) is 1. The molecule has 0 spiro atoms. The van der Waals surface area contributed by atoms with E-state index in [1.54, 1.807) is 6.26 Å². The molecule has 0 aliphatic carbocycles. The lowest BCUT2D eigenvalue weighted by Crippen LogP contribution is -2.27. The predicted molar refractivity (Wildman–Crippen MR) is 64.7 cm³/mol. The third-order valence-electron chi connectivity index (χ3n) is 2.39. The summed E-state index contributed by atoms with van der Waals surface area (Å²) >= 11 is 0. The molecule has 0 aliphatic rings. The molecular weight excluding hydrogens is 243 g/mol. The predicted octanol–water partition coefficient (Wildman–Crippen LogP) is 1.11. The van der Waals surface area contributed by atoms with Crippen molar-refractivity contribution >= 4 is 16.7 Å². The van der Waals surface area contributed by atoms with Crippen LogP contribution < -0.4 is 5.32 Å². The molecule has 2 atom stereocenters. The lowest BCUT2D eigenvalue weighted by molar-refractivity contribution is 0.0953. The van der Waals surface area contributed by atoms with E-state index in [1.165, 1.54) is 12.3 Å². The molecule has 4 nitrogen and oxygen atoms in total. The van der Waals surface area contributed by atoms with Gasteiger partial charge in [-0.1, -0.05) is 6.92 Å². The molecule has 94 valence electrons. The van der Waals surface area contributed by atoms with Crippen LogP contribution in [0.15, 0.2) is 18.3 Å². The summed E-state index contributed by atoms with van der Waals surface area (Å²) in [5.41, 5.74) is 0.316. The number of aromatic nitrogens is 1. The molecule has 0 bridgehead atoms.